The summed E-state index contributed by atoms with van der Waals surface area (Å²) in [4.78, 5) is 14.9. The number of carbonyl (C=O) groups is 1. The number of rotatable bonds is 5. The van der Waals surface area contributed by atoms with Gasteiger partial charge in [0.2, 0.25) is 0 Å². The summed E-state index contributed by atoms with van der Waals surface area (Å²) in [5.41, 5.74) is 2.46. The summed E-state index contributed by atoms with van der Waals surface area (Å²) < 4.78 is 10.9. The summed E-state index contributed by atoms with van der Waals surface area (Å²) in [6.45, 7) is 0.418. The predicted octanol–water partition coefficient (Wildman–Crippen LogP) is 1.79. The van der Waals surface area contributed by atoms with Gasteiger partial charge in [-0.2, -0.15) is 0 Å². The number of H-pyrrole nitrogens is 1. The number of aromatic nitrogens is 1. The fraction of sp³-hybridized carbons (Fsp3) is 0.214. The van der Waals surface area contributed by atoms with Crippen LogP contribution in [0.15, 0.2) is 42.5 Å². The second-order valence-electron chi connectivity index (χ2n) is 4.18. The Morgan fingerprint density at radius 3 is 2.63 bits per heavy atom. The summed E-state index contributed by atoms with van der Waals surface area (Å²) >= 11 is 0. The Bertz CT molecular complexity index is 578. The summed E-state index contributed by atoms with van der Waals surface area (Å²) in [5, 5.41) is 2.73. The average Bonchev–Trinajstić information content (AvgIpc) is 2.89. The normalized spacial score (nSPS) is 12.1. The Kier molecular flexibility index (Phi) is 4.52. The highest BCUT2D eigenvalue weighted by atomic mass is 32.2. The molecule has 19 heavy (non-hydrogen) atoms. The van der Waals surface area contributed by atoms with Crippen molar-refractivity contribution in [1.29, 1.82) is 0 Å². The minimum Gasteiger partial charge on any atom is -0.351 e. The SMILES string of the molecule is CS(=O)CCNC(=O)c1ccc(-c2ccccc2)[nH]1. The van der Waals surface area contributed by atoms with E-state index in [9.17, 15) is 9.00 Å². The van der Waals surface area contributed by atoms with Gasteiger partial charge in [0.05, 0.1) is 0 Å². The maximum absolute atomic E-state index is 11.8. The molecular weight excluding hydrogens is 260 g/mol. The quantitative estimate of drug-likeness (QED) is 0.874. The van der Waals surface area contributed by atoms with Crippen LogP contribution in [-0.4, -0.2) is 33.7 Å². The largest absolute Gasteiger partial charge is 0.351 e. The zero-order valence-corrected chi connectivity index (χ0v) is 11.5. The van der Waals surface area contributed by atoms with Gasteiger partial charge in [-0.3, -0.25) is 9.00 Å². The molecule has 100 valence electrons. The molecule has 2 aromatic rings. The second-order valence-corrected chi connectivity index (χ2v) is 5.74. The van der Waals surface area contributed by atoms with Gasteiger partial charge < -0.3 is 10.3 Å². The number of hydrogen-bond donors (Lipinski definition) is 2. The van der Waals surface area contributed by atoms with Crippen LogP contribution in [0.4, 0.5) is 0 Å². The molecule has 0 saturated heterocycles. The molecule has 1 amide bonds. The fourth-order valence-corrected chi connectivity index (χ4v) is 2.11. The van der Waals surface area contributed by atoms with Crippen molar-refractivity contribution < 1.29 is 9.00 Å². The monoisotopic (exact) mass is 276 g/mol. The van der Waals surface area contributed by atoms with E-state index < -0.39 is 10.8 Å². The van der Waals surface area contributed by atoms with Crippen molar-refractivity contribution in [3.63, 3.8) is 0 Å². The van der Waals surface area contributed by atoms with E-state index in [0.717, 1.165) is 11.3 Å². The molecule has 0 aliphatic carbocycles. The molecule has 5 heteroatoms. The highest BCUT2D eigenvalue weighted by Gasteiger charge is 2.08. The highest BCUT2D eigenvalue weighted by molar-refractivity contribution is 7.84. The zero-order chi connectivity index (χ0) is 13.7. The lowest BCUT2D eigenvalue weighted by atomic mass is 10.2. The van der Waals surface area contributed by atoms with Crippen LogP contribution in [0, 0.1) is 0 Å². The van der Waals surface area contributed by atoms with Gasteiger partial charge in [-0.25, -0.2) is 0 Å². The Balaban J connectivity index is 2.01. The van der Waals surface area contributed by atoms with Crippen LogP contribution in [-0.2, 0) is 10.8 Å². The fourth-order valence-electron chi connectivity index (χ4n) is 1.72. The van der Waals surface area contributed by atoms with Crippen molar-refractivity contribution in [2.75, 3.05) is 18.6 Å². The summed E-state index contributed by atoms with van der Waals surface area (Å²) in [6, 6.07) is 13.4. The van der Waals surface area contributed by atoms with E-state index >= 15 is 0 Å². The van der Waals surface area contributed by atoms with Crippen molar-refractivity contribution in [2.24, 2.45) is 0 Å². The van der Waals surface area contributed by atoms with Gasteiger partial charge in [0.25, 0.3) is 5.91 Å². The molecule has 2 N–H and O–H groups in total. The lowest BCUT2D eigenvalue weighted by molar-refractivity contribution is 0.0952. The first kappa shape index (κ1) is 13.5. The minimum absolute atomic E-state index is 0.173. The maximum Gasteiger partial charge on any atom is 0.267 e. The summed E-state index contributed by atoms with van der Waals surface area (Å²) in [5.74, 6) is 0.297. The van der Waals surface area contributed by atoms with E-state index in [2.05, 4.69) is 10.3 Å². The first-order chi connectivity index (χ1) is 9.16. The minimum atomic E-state index is -0.888. The molecule has 1 aromatic carbocycles. The lowest BCUT2D eigenvalue weighted by Crippen LogP contribution is -2.27. The number of carbonyl (C=O) groups excluding carboxylic acids is 1. The third-order valence-corrected chi connectivity index (χ3v) is 3.47. The smallest absolute Gasteiger partial charge is 0.267 e. The van der Waals surface area contributed by atoms with E-state index in [0.29, 0.717) is 18.0 Å². The van der Waals surface area contributed by atoms with Crippen LogP contribution < -0.4 is 5.32 Å². The van der Waals surface area contributed by atoms with Crippen LogP contribution in [0.3, 0.4) is 0 Å². The van der Waals surface area contributed by atoms with Gasteiger partial charge in [-0.05, 0) is 17.7 Å². The second kappa shape index (κ2) is 6.33. The number of benzene rings is 1. The molecule has 0 aliphatic heterocycles. The van der Waals surface area contributed by atoms with Gasteiger partial charge in [-0.1, -0.05) is 30.3 Å². The lowest BCUT2D eigenvalue weighted by Gasteiger charge is -2.02. The molecule has 0 spiro atoms. The van der Waals surface area contributed by atoms with Gasteiger partial charge >= 0.3 is 0 Å². The first-order valence-electron chi connectivity index (χ1n) is 5.99. The van der Waals surface area contributed by atoms with Gasteiger partial charge in [-0.15, -0.1) is 0 Å². The summed E-state index contributed by atoms with van der Waals surface area (Å²) in [6.07, 6.45) is 1.62. The van der Waals surface area contributed by atoms with E-state index in [1.807, 2.05) is 36.4 Å². The van der Waals surface area contributed by atoms with Crippen molar-refractivity contribution in [3.05, 3.63) is 48.2 Å². The van der Waals surface area contributed by atoms with E-state index in [4.69, 9.17) is 0 Å². The van der Waals surface area contributed by atoms with Crippen LogP contribution >= 0.6 is 0 Å². The molecule has 1 atom stereocenters. The average molecular weight is 276 g/mol. The predicted molar refractivity (Wildman–Crippen MR) is 77.5 cm³/mol. The van der Waals surface area contributed by atoms with E-state index in [1.54, 1.807) is 12.3 Å². The highest BCUT2D eigenvalue weighted by Crippen LogP contribution is 2.17. The number of nitrogens with one attached hydrogen (secondary N) is 2. The van der Waals surface area contributed by atoms with Crippen molar-refractivity contribution in [2.45, 2.75) is 0 Å². The Morgan fingerprint density at radius 2 is 1.95 bits per heavy atom. The van der Waals surface area contributed by atoms with Crippen molar-refractivity contribution in [3.8, 4) is 11.3 Å². The van der Waals surface area contributed by atoms with Crippen LogP contribution in [0.2, 0.25) is 0 Å². The molecule has 0 saturated carbocycles. The third-order valence-electron chi connectivity index (χ3n) is 2.69. The van der Waals surface area contributed by atoms with Gasteiger partial charge in [0, 0.05) is 35.0 Å². The van der Waals surface area contributed by atoms with Crippen LogP contribution in [0.5, 0.6) is 0 Å². The number of amides is 1. The Hall–Kier alpha value is -1.88. The molecule has 2 rings (SSSR count). The van der Waals surface area contributed by atoms with Gasteiger partial charge in [0.15, 0.2) is 0 Å². The zero-order valence-electron chi connectivity index (χ0n) is 10.7. The van der Waals surface area contributed by atoms with Crippen molar-refractivity contribution >= 4 is 16.7 Å². The third kappa shape index (κ3) is 3.79. The molecule has 1 aromatic heterocycles. The number of hydrogen-bond acceptors (Lipinski definition) is 2. The first-order valence-corrected chi connectivity index (χ1v) is 7.72. The van der Waals surface area contributed by atoms with Gasteiger partial charge in [0.1, 0.15) is 5.69 Å². The molecule has 0 bridgehead atoms. The molecule has 0 aliphatic rings. The summed E-state index contributed by atoms with van der Waals surface area (Å²) in [7, 11) is -0.888. The number of aromatic amines is 1. The molecule has 0 radical (unpaired) electrons. The molecular formula is C14H16N2O2S. The van der Waals surface area contributed by atoms with Crippen LogP contribution in [0.1, 0.15) is 10.5 Å². The molecule has 0 fully saturated rings. The molecule has 1 unspecified atom stereocenters. The Morgan fingerprint density at radius 1 is 1.21 bits per heavy atom. The van der Waals surface area contributed by atoms with E-state index in [1.165, 1.54) is 0 Å². The topological polar surface area (TPSA) is 62.0 Å². The standard InChI is InChI=1S/C14H16N2O2S/c1-19(18)10-9-15-14(17)13-8-7-12(16-13)11-5-3-2-4-6-11/h2-8,16H,9-10H2,1H3,(H,15,17). The Labute approximate surface area is 114 Å². The molecule has 1 heterocycles. The van der Waals surface area contributed by atoms with E-state index in [-0.39, 0.29) is 5.91 Å². The van der Waals surface area contributed by atoms with Crippen LogP contribution in [0.25, 0.3) is 11.3 Å². The maximum atomic E-state index is 11.8. The van der Waals surface area contributed by atoms with Crippen molar-refractivity contribution in [1.82, 2.24) is 10.3 Å². The molecule has 4 nitrogen and oxygen atoms in total.